The molecule has 0 aromatic carbocycles. The fourth-order valence-corrected chi connectivity index (χ4v) is 2.20. The van der Waals surface area contributed by atoms with Gasteiger partial charge in [0.2, 0.25) is 10.0 Å². The fraction of sp³-hybridized carbons (Fsp3) is 0.636. The van der Waals surface area contributed by atoms with Crippen molar-refractivity contribution in [3.8, 4) is 0 Å². The van der Waals surface area contributed by atoms with Crippen molar-refractivity contribution >= 4 is 10.0 Å². The van der Waals surface area contributed by atoms with Crippen LogP contribution < -0.4 is 10.0 Å². The summed E-state index contributed by atoms with van der Waals surface area (Å²) in [5, 5.41) is 2.62. The number of rotatable bonds is 7. The van der Waals surface area contributed by atoms with Crippen molar-refractivity contribution in [2.24, 2.45) is 0 Å². The van der Waals surface area contributed by atoms with Crippen LogP contribution in [0.15, 0.2) is 18.6 Å². The highest BCUT2D eigenvalue weighted by atomic mass is 32.2. The lowest BCUT2D eigenvalue weighted by molar-refractivity contribution is 0.540. The molecule has 1 aromatic rings. The minimum atomic E-state index is -3.33. The lowest BCUT2D eigenvalue weighted by Crippen LogP contribution is -2.40. The summed E-state index contributed by atoms with van der Waals surface area (Å²) in [5.74, 6) is 0. The summed E-state index contributed by atoms with van der Waals surface area (Å²) in [6, 6.07) is 1.95. The van der Waals surface area contributed by atoms with Gasteiger partial charge in [-0.15, -0.1) is 0 Å². The molecule has 0 radical (unpaired) electrons. The molecule has 0 amide bonds. The van der Waals surface area contributed by atoms with Gasteiger partial charge in [0, 0.05) is 18.8 Å². The van der Waals surface area contributed by atoms with E-state index in [0.29, 0.717) is 12.2 Å². The van der Waals surface area contributed by atoms with Crippen molar-refractivity contribution in [3.63, 3.8) is 0 Å². The zero-order chi connectivity index (χ0) is 13.6. The molecule has 102 valence electrons. The van der Waals surface area contributed by atoms with E-state index in [1.165, 1.54) is 6.33 Å². The quantitative estimate of drug-likeness (QED) is 0.745. The van der Waals surface area contributed by atoms with Gasteiger partial charge < -0.3 is 5.32 Å². The van der Waals surface area contributed by atoms with E-state index in [9.17, 15) is 8.42 Å². The second-order valence-corrected chi connectivity index (χ2v) is 6.62. The lowest BCUT2D eigenvalue weighted by atomic mass is 10.3. The predicted octanol–water partition coefficient (Wildman–Crippen LogP) is 0.283. The van der Waals surface area contributed by atoms with Crippen molar-refractivity contribution in [1.29, 1.82) is 0 Å². The van der Waals surface area contributed by atoms with Crippen LogP contribution in [0.1, 0.15) is 26.5 Å². The molecule has 1 rings (SSSR count). The van der Waals surface area contributed by atoms with Crippen LogP contribution >= 0.6 is 0 Å². The van der Waals surface area contributed by atoms with E-state index < -0.39 is 15.3 Å². The van der Waals surface area contributed by atoms with Crippen molar-refractivity contribution in [2.75, 3.05) is 6.54 Å². The first kappa shape index (κ1) is 15.0. The maximum absolute atomic E-state index is 11.9. The van der Waals surface area contributed by atoms with Crippen LogP contribution in [0.25, 0.3) is 0 Å². The van der Waals surface area contributed by atoms with Crippen LogP contribution in [0, 0.1) is 0 Å². The third-order valence-electron chi connectivity index (χ3n) is 2.44. The third kappa shape index (κ3) is 5.07. The highest BCUT2D eigenvalue weighted by Gasteiger charge is 2.20. The maximum Gasteiger partial charge on any atom is 0.215 e. The molecule has 0 saturated carbocycles. The van der Waals surface area contributed by atoms with Crippen molar-refractivity contribution in [3.05, 3.63) is 24.3 Å². The summed E-state index contributed by atoms with van der Waals surface area (Å²) in [7, 11) is -3.33. The smallest absolute Gasteiger partial charge is 0.215 e. The number of sulfonamides is 1. The van der Waals surface area contributed by atoms with Gasteiger partial charge in [-0.1, -0.05) is 13.8 Å². The fourth-order valence-electron chi connectivity index (χ4n) is 1.25. The third-order valence-corrected chi connectivity index (χ3v) is 4.21. The summed E-state index contributed by atoms with van der Waals surface area (Å²) >= 11 is 0. The van der Waals surface area contributed by atoms with Gasteiger partial charge >= 0.3 is 0 Å². The SMILES string of the molecule is CC(C)NCC(C)S(=O)(=O)NCc1ccncn1. The van der Waals surface area contributed by atoms with E-state index in [2.05, 4.69) is 20.0 Å². The molecule has 0 aliphatic heterocycles. The van der Waals surface area contributed by atoms with E-state index in [1.807, 2.05) is 13.8 Å². The standard InChI is InChI=1S/C11H20N4O2S/c1-9(2)13-6-10(3)18(16,17)15-7-11-4-5-12-8-14-11/h4-5,8-10,13,15H,6-7H2,1-3H3. The molecular weight excluding hydrogens is 252 g/mol. The molecule has 7 heteroatoms. The van der Waals surface area contributed by atoms with Gasteiger partial charge in [0.15, 0.2) is 0 Å². The molecule has 1 aromatic heterocycles. The van der Waals surface area contributed by atoms with E-state index in [0.717, 1.165) is 0 Å². The maximum atomic E-state index is 11.9. The van der Waals surface area contributed by atoms with E-state index in [4.69, 9.17) is 0 Å². The second-order valence-electron chi connectivity index (χ2n) is 4.44. The molecule has 0 saturated heterocycles. The number of hydrogen-bond acceptors (Lipinski definition) is 5. The van der Waals surface area contributed by atoms with Gasteiger partial charge in [0.1, 0.15) is 6.33 Å². The highest BCUT2D eigenvalue weighted by molar-refractivity contribution is 7.90. The average molecular weight is 272 g/mol. The number of nitrogens with zero attached hydrogens (tertiary/aromatic N) is 2. The molecule has 0 spiro atoms. The number of nitrogens with one attached hydrogen (secondary N) is 2. The summed E-state index contributed by atoms with van der Waals surface area (Å²) in [4.78, 5) is 7.74. The molecule has 1 heterocycles. The number of aromatic nitrogens is 2. The Morgan fingerprint density at radius 1 is 1.33 bits per heavy atom. The van der Waals surface area contributed by atoms with Gasteiger partial charge in [-0.25, -0.2) is 23.1 Å². The van der Waals surface area contributed by atoms with Crippen LogP contribution in [0.2, 0.25) is 0 Å². The zero-order valence-electron chi connectivity index (χ0n) is 10.9. The lowest BCUT2D eigenvalue weighted by Gasteiger charge is -2.16. The Labute approximate surface area is 108 Å². The monoisotopic (exact) mass is 272 g/mol. The number of hydrogen-bond donors (Lipinski definition) is 2. The minimum Gasteiger partial charge on any atom is -0.313 e. The van der Waals surface area contributed by atoms with E-state index in [-0.39, 0.29) is 12.6 Å². The first-order valence-corrected chi connectivity index (χ1v) is 7.43. The summed E-state index contributed by atoms with van der Waals surface area (Å²) in [5.41, 5.74) is 0.651. The zero-order valence-corrected chi connectivity index (χ0v) is 11.7. The van der Waals surface area contributed by atoms with Gasteiger partial charge in [0.25, 0.3) is 0 Å². The van der Waals surface area contributed by atoms with Crippen molar-refractivity contribution in [2.45, 2.75) is 38.6 Å². The van der Waals surface area contributed by atoms with Gasteiger partial charge in [-0.05, 0) is 13.0 Å². The van der Waals surface area contributed by atoms with Crippen molar-refractivity contribution < 1.29 is 8.42 Å². The van der Waals surface area contributed by atoms with Gasteiger partial charge in [0.05, 0.1) is 17.5 Å². The van der Waals surface area contributed by atoms with Crippen LogP contribution in [-0.2, 0) is 16.6 Å². The summed E-state index contributed by atoms with van der Waals surface area (Å²) in [6.07, 6.45) is 2.98. The first-order valence-electron chi connectivity index (χ1n) is 5.88. The summed E-state index contributed by atoms with van der Waals surface area (Å²) < 4.78 is 26.4. The Morgan fingerprint density at radius 2 is 2.06 bits per heavy atom. The molecular formula is C11H20N4O2S. The van der Waals surface area contributed by atoms with Crippen LogP contribution in [0.3, 0.4) is 0 Å². The molecule has 2 N–H and O–H groups in total. The Kier molecular flexibility index (Phi) is 5.64. The Bertz CT molecular complexity index is 447. The van der Waals surface area contributed by atoms with Crippen LogP contribution in [-0.4, -0.2) is 36.2 Å². The Hall–Kier alpha value is -1.05. The molecule has 0 aliphatic carbocycles. The van der Waals surface area contributed by atoms with Gasteiger partial charge in [-0.3, -0.25) is 0 Å². The molecule has 0 bridgehead atoms. The molecule has 0 aliphatic rings. The van der Waals surface area contributed by atoms with Crippen LogP contribution in [0.4, 0.5) is 0 Å². The normalized spacial score (nSPS) is 13.8. The average Bonchev–Trinajstić information content (AvgIpc) is 2.34. The topological polar surface area (TPSA) is 84.0 Å². The first-order chi connectivity index (χ1) is 8.42. The molecule has 1 unspecified atom stereocenters. The van der Waals surface area contributed by atoms with E-state index in [1.54, 1.807) is 19.2 Å². The molecule has 1 atom stereocenters. The second kappa shape index (κ2) is 6.77. The van der Waals surface area contributed by atoms with E-state index >= 15 is 0 Å². The Balaban J connectivity index is 2.49. The van der Waals surface area contributed by atoms with Gasteiger partial charge in [-0.2, -0.15) is 0 Å². The molecule has 0 fully saturated rings. The Morgan fingerprint density at radius 3 is 2.61 bits per heavy atom. The predicted molar refractivity (Wildman–Crippen MR) is 70.4 cm³/mol. The molecule has 18 heavy (non-hydrogen) atoms. The van der Waals surface area contributed by atoms with Crippen LogP contribution in [0.5, 0.6) is 0 Å². The molecule has 6 nitrogen and oxygen atoms in total. The largest absolute Gasteiger partial charge is 0.313 e. The highest BCUT2D eigenvalue weighted by Crippen LogP contribution is 2.00. The summed E-state index contributed by atoms with van der Waals surface area (Å²) in [6.45, 7) is 6.26. The van der Waals surface area contributed by atoms with Crippen molar-refractivity contribution in [1.82, 2.24) is 20.0 Å². The minimum absolute atomic E-state index is 0.191.